The minimum absolute atomic E-state index is 0.247. The van der Waals surface area contributed by atoms with Gasteiger partial charge in [0.2, 0.25) is 0 Å². The number of hydrogen-bond donors (Lipinski definition) is 0. The van der Waals surface area contributed by atoms with Crippen LogP contribution in [0.5, 0.6) is 0 Å². The van der Waals surface area contributed by atoms with Crippen molar-refractivity contribution in [3.63, 3.8) is 0 Å². The normalized spacial score (nSPS) is 13.0. The molecule has 0 aromatic carbocycles. The fraction of sp³-hybridized carbons (Fsp3) is 1.00. The molecule has 0 amide bonds. The third kappa shape index (κ3) is 14.7. The van der Waals surface area contributed by atoms with Gasteiger partial charge in [-0.1, -0.05) is 55.4 Å². The van der Waals surface area contributed by atoms with Crippen molar-refractivity contribution in [2.24, 2.45) is 23.7 Å². The lowest BCUT2D eigenvalue weighted by Gasteiger charge is -2.24. The summed E-state index contributed by atoms with van der Waals surface area (Å²) in [4.78, 5) is 20.7. The Morgan fingerprint density at radius 2 is 0.640 bits per heavy atom. The first-order valence-electron chi connectivity index (χ1n) is 8.89. The molecule has 0 aliphatic heterocycles. The van der Waals surface area contributed by atoms with E-state index >= 15 is 0 Å². The fourth-order valence-corrected chi connectivity index (χ4v) is 2.07. The summed E-state index contributed by atoms with van der Waals surface area (Å²) in [6.07, 6.45) is 0. The third-order valence-electron chi connectivity index (χ3n) is 2.25. The quantitative estimate of drug-likeness (QED) is 0.226. The van der Waals surface area contributed by atoms with Gasteiger partial charge in [0.15, 0.2) is 0 Å². The van der Waals surface area contributed by atoms with Crippen molar-refractivity contribution in [3.05, 3.63) is 0 Å². The molecule has 0 aromatic rings. The number of hydrogen-bond acceptors (Lipinski definition) is 8. The Morgan fingerprint density at radius 3 is 0.800 bits per heavy atom. The van der Waals surface area contributed by atoms with E-state index in [-0.39, 0.29) is 23.7 Å². The Hall–Kier alpha value is -0.103. The van der Waals surface area contributed by atoms with Crippen LogP contribution >= 0.6 is 0 Å². The minimum atomic E-state index is -3.95. The summed E-state index contributed by atoms with van der Waals surface area (Å²) < 4.78 is 21.1. The molecule has 0 heterocycles. The van der Waals surface area contributed by atoms with E-state index in [4.69, 9.17) is 37.9 Å². The van der Waals surface area contributed by atoms with Crippen molar-refractivity contribution < 1.29 is 37.9 Å². The van der Waals surface area contributed by atoms with Crippen LogP contribution in [0.3, 0.4) is 0 Å². The minimum Gasteiger partial charge on any atom is -0.241 e. The molecule has 0 aromatic heterocycles. The van der Waals surface area contributed by atoms with Crippen LogP contribution in [-0.4, -0.2) is 35.5 Å². The maximum Gasteiger partial charge on any atom is 0.792 e. The zero-order chi connectivity index (χ0) is 19.3. The summed E-state index contributed by atoms with van der Waals surface area (Å²) in [5, 5.41) is 0. The van der Waals surface area contributed by atoms with Crippen molar-refractivity contribution in [1.82, 2.24) is 0 Å². The van der Waals surface area contributed by atoms with Crippen LogP contribution < -0.4 is 0 Å². The van der Waals surface area contributed by atoms with Gasteiger partial charge in [-0.15, -0.1) is 0 Å². The molecule has 0 spiro atoms. The van der Waals surface area contributed by atoms with Crippen LogP contribution in [0, 0.1) is 23.7 Å². The van der Waals surface area contributed by atoms with Crippen molar-refractivity contribution in [1.29, 1.82) is 0 Å². The van der Waals surface area contributed by atoms with E-state index in [1.807, 2.05) is 55.4 Å². The average molecular weight is 385 g/mol. The topological polar surface area (TPSA) is 73.8 Å². The molecule has 0 atom stereocenters. The molecule has 9 heteroatoms. The molecular formula is C16H36O8Si. The monoisotopic (exact) mass is 384 g/mol. The molecule has 0 unspecified atom stereocenters. The highest BCUT2D eigenvalue weighted by molar-refractivity contribution is 6.52. The predicted molar refractivity (Wildman–Crippen MR) is 93.3 cm³/mol. The van der Waals surface area contributed by atoms with Crippen LogP contribution in [0.1, 0.15) is 55.4 Å². The second kappa shape index (κ2) is 14.0. The Labute approximate surface area is 153 Å². The molecule has 0 aliphatic rings. The lowest BCUT2D eigenvalue weighted by molar-refractivity contribution is -0.430. The summed E-state index contributed by atoms with van der Waals surface area (Å²) in [7, 11) is -3.95. The molecular weight excluding hydrogens is 348 g/mol. The Morgan fingerprint density at radius 1 is 0.440 bits per heavy atom. The summed E-state index contributed by atoms with van der Waals surface area (Å²) in [5.74, 6) is 0.987. The standard InChI is InChI=1S/C16H36O8Si/c1-13(2)9-17-21-25(22-18-10-14(3)4,23-19-11-15(5)6)24-20-12-16(7)8/h13-16H,9-12H2,1-8H3. The predicted octanol–water partition coefficient (Wildman–Crippen LogP) is 3.84. The van der Waals surface area contributed by atoms with Gasteiger partial charge in [-0.2, -0.15) is 18.3 Å². The van der Waals surface area contributed by atoms with Crippen LogP contribution in [0.2, 0.25) is 0 Å². The first kappa shape index (κ1) is 24.9. The summed E-state index contributed by atoms with van der Waals surface area (Å²) in [6.45, 7) is 17.1. The van der Waals surface area contributed by atoms with Crippen LogP contribution in [0.4, 0.5) is 0 Å². The van der Waals surface area contributed by atoms with E-state index in [9.17, 15) is 0 Å². The van der Waals surface area contributed by atoms with E-state index in [0.717, 1.165) is 0 Å². The molecule has 0 saturated carbocycles. The van der Waals surface area contributed by atoms with E-state index in [0.29, 0.717) is 26.4 Å². The molecule has 0 radical (unpaired) electrons. The zero-order valence-electron chi connectivity index (χ0n) is 16.9. The third-order valence-corrected chi connectivity index (χ3v) is 3.54. The first-order valence-corrected chi connectivity index (χ1v) is 10.5. The largest absolute Gasteiger partial charge is 0.792 e. The molecule has 25 heavy (non-hydrogen) atoms. The fourth-order valence-electron chi connectivity index (χ4n) is 1.05. The first-order chi connectivity index (χ1) is 11.7. The Balaban J connectivity index is 4.85. The Kier molecular flexibility index (Phi) is 14.0. The molecule has 0 rings (SSSR count). The van der Waals surface area contributed by atoms with Gasteiger partial charge < -0.3 is 0 Å². The summed E-state index contributed by atoms with van der Waals surface area (Å²) in [6, 6.07) is 0. The second-order valence-corrected chi connectivity index (χ2v) is 9.21. The molecule has 152 valence electrons. The molecule has 0 aliphatic carbocycles. The van der Waals surface area contributed by atoms with E-state index in [1.54, 1.807) is 0 Å². The number of rotatable bonds is 16. The van der Waals surface area contributed by atoms with Crippen molar-refractivity contribution in [2.45, 2.75) is 55.4 Å². The average Bonchev–Trinajstić information content (AvgIpc) is 2.45. The van der Waals surface area contributed by atoms with Crippen molar-refractivity contribution >= 4 is 9.05 Å². The SMILES string of the molecule is CC(C)COO[Si](OOCC(C)C)(OOCC(C)C)OOCC(C)C. The highest BCUT2D eigenvalue weighted by Crippen LogP contribution is 2.17. The summed E-state index contributed by atoms with van der Waals surface area (Å²) in [5.41, 5.74) is 0. The van der Waals surface area contributed by atoms with Crippen LogP contribution in [-0.2, 0) is 37.9 Å². The van der Waals surface area contributed by atoms with Gasteiger partial charge >= 0.3 is 9.05 Å². The van der Waals surface area contributed by atoms with E-state index < -0.39 is 9.05 Å². The zero-order valence-corrected chi connectivity index (χ0v) is 17.9. The molecule has 0 N–H and O–H groups in total. The highest BCUT2D eigenvalue weighted by Gasteiger charge is 2.55. The molecule has 8 nitrogen and oxygen atoms in total. The van der Waals surface area contributed by atoms with Gasteiger partial charge in [0, 0.05) is 0 Å². The van der Waals surface area contributed by atoms with Gasteiger partial charge in [0.25, 0.3) is 0 Å². The van der Waals surface area contributed by atoms with Gasteiger partial charge in [0.05, 0.1) is 26.4 Å². The molecule has 0 fully saturated rings. The lowest BCUT2D eigenvalue weighted by atomic mass is 10.2. The van der Waals surface area contributed by atoms with Crippen LogP contribution in [0.15, 0.2) is 0 Å². The van der Waals surface area contributed by atoms with Gasteiger partial charge in [-0.3, -0.25) is 0 Å². The molecule has 0 saturated heterocycles. The van der Waals surface area contributed by atoms with Crippen molar-refractivity contribution in [3.8, 4) is 0 Å². The van der Waals surface area contributed by atoms with Gasteiger partial charge in [-0.25, -0.2) is 19.6 Å². The summed E-state index contributed by atoms with van der Waals surface area (Å²) >= 11 is 0. The van der Waals surface area contributed by atoms with E-state index in [1.165, 1.54) is 0 Å². The maximum atomic E-state index is 5.28. The highest BCUT2D eigenvalue weighted by atomic mass is 28.4. The van der Waals surface area contributed by atoms with Crippen molar-refractivity contribution in [2.75, 3.05) is 26.4 Å². The lowest BCUT2D eigenvalue weighted by Crippen LogP contribution is -2.50. The van der Waals surface area contributed by atoms with Gasteiger partial charge in [0.1, 0.15) is 0 Å². The van der Waals surface area contributed by atoms with E-state index in [2.05, 4.69) is 0 Å². The smallest absolute Gasteiger partial charge is 0.241 e. The molecule has 0 bridgehead atoms. The second-order valence-electron chi connectivity index (χ2n) is 7.55. The van der Waals surface area contributed by atoms with Crippen LogP contribution in [0.25, 0.3) is 0 Å². The van der Waals surface area contributed by atoms with Gasteiger partial charge in [-0.05, 0) is 23.7 Å². The maximum absolute atomic E-state index is 5.28. The Bertz CT molecular complexity index is 251.